The first-order chi connectivity index (χ1) is 2.81. The van der Waals surface area contributed by atoms with E-state index in [0.29, 0.717) is 0 Å². The fourth-order valence-electron chi connectivity index (χ4n) is 0.0745. The zero-order valence-corrected chi connectivity index (χ0v) is 6.79. The molecule has 0 saturated carbocycles. The highest BCUT2D eigenvalue weighted by atomic mass is 33.1. The molecule has 0 N–H and O–H groups in total. The lowest BCUT2D eigenvalue weighted by atomic mass is 12.0. The van der Waals surface area contributed by atoms with Gasteiger partial charge in [0, 0.05) is 6.33 Å². The fraction of sp³-hybridized carbons (Fsp3) is 1.00. The van der Waals surface area contributed by atoms with Crippen molar-refractivity contribution < 1.29 is 0 Å². The molecule has 0 aromatic carbocycles. The van der Waals surface area contributed by atoms with E-state index >= 15 is 0 Å². The zero-order chi connectivity index (χ0) is 4.99. The van der Waals surface area contributed by atoms with E-state index in [1.807, 2.05) is 22.8 Å². The zero-order valence-electron chi connectivity index (χ0n) is 4.26. The molecular weight excluding hydrogens is 131 g/mol. The van der Waals surface area contributed by atoms with Crippen molar-refractivity contribution in [3.63, 3.8) is 0 Å². The van der Waals surface area contributed by atoms with Crippen molar-refractivity contribution in [3.8, 4) is 0 Å². The quantitative estimate of drug-likeness (QED) is 0.541. The normalized spacial score (nSPS) is 10.0. The van der Waals surface area contributed by atoms with Crippen molar-refractivity contribution in [2.75, 3.05) is 19.2 Å². The molecule has 0 bridgehead atoms. The van der Waals surface area contributed by atoms with E-state index in [1.165, 1.54) is 0 Å². The summed E-state index contributed by atoms with van der Waals surface area (Å²) in [6, 6.07) is 0. The molecule has 6 heavy (non-hydrogen) atoms. The average Bonchev–Trinajstić information content (AvgIpc) is 1.65. The summed E-state index contributed by atoms with van der Waals surface area (Å²) in [7, 11) is 0. The largest absolute Gasteiger partial charge is 0.127 e. The highest BCUT2D eigenvalue weighted by molar-refractivity contribution is 8.87. The first-order valence-corrected chi connectivity index (χ1v) is 7.08. The first-order valence-electron chi connectivity index (χ1n) is 1.63. The smallest absolute Gasteiger partial charge is 0.00842 e. The highest BCUT2D eigenvalue weighted by Crippen LogP contribution is 2.54. The molecule has 0 atom stereocenters. The van der Waals surface area contributed by atoms with Gasteiger partial charge in [-0.3, -0.25) is 0 Å². The third-order valence-corrected chi connectivity index (χ3v) is 7.31. The summed E-state index contributed by atoms with van der Waals surface area (Å²) < 4.78 is 0. The molecule has 0 aliphatic rings. The topological polar surface area (TPSA) is 0 Å². The van der Waals surface area contributed by atoms with Gasteiger partial charge in [0.2, 0.25) is 0 Å². The molecule has 3 heteroatoms. The molecule has 0 fully saturated rings. The van der Waals surface area contributed by atoms with Gasteiger partial charge in [0.25, 0.3) is 0 Å². The van der Waals surface area contributed by atoms with Crippen LogP contribution in [-0.2, 0) is 0 Å². The van der Waals surface area contributed by atoms with E-state index in [9.17, 15) is 0 Å². The van der Waals surface area contributed by atoms with Gasteiger partial charge in [-0.15, -0.1) is 22.8 Å². The lowest BCUT2D eigenvalue weighted by Crippen LogP contribution is -1.46. The minimum absolute atomic E-state index is 0.257. The third kappa shape index (κ3) is 3.32. The van der Waals surface area contributed by atoms with Crippen molar-refractivity contribution in [2.45, 2.75) is 0 Å². The molecule has 0 aliphatic heterocycles. The van der Waals surface area contributed by atoms with Crippen LogP contribution in [0, 0.1) is 0 Å². The molecule has 0 heterocycles. The summed E-state index contributed by atoms with van der Waals surface area (Å²) in [5.74, 6) is 0. The van der Waals surface area contributed by atoms with Gasteiger partial charge in [0.15, 0.2) is 0 Å². The maximum atomic E-state index is 2.27. The maximum absolute atomic E-state index is 2.27. The number of hydrogen-bond acceptors (Lipinski definition) is 2. The number of hydrogen-bond donors (Lipinski definition) is 0. The fourth-order valence-corrected chi connectivity index (χ4v) is 2.01. The van der Waals surface area contributed by atoms with Gasteiger partial charge in [-0.2, -0.15) is 0 Å². The van der Waals surface area contributed by atoms with Gasteiger partial charge < -0.3 is 0 Å². The van der Waals surface area contributed by atoms with Gasteiger partial charge in [0.05, 0.1) is 0 Å². The molecule has 0 nitrogen and oxygen atoms in total. The van der Waals surface area contributed by atoms with Crippen LogP contribution in [0.4, 0.5) is 0 Å². The van der Waals surface area contributed by atoms with Crippen LogP contribution in [0.3, 0.4) is 0 Å². The Hall–Kier alpha value is 1.13. The molecule has 0 aromatic heterocycles. The lowest BCUT2D eigenvalue weighted by molar-refractivity contribution is 2.45. The van der Waals surface area contributed by atoms with E-state index in [1.54, 1.807) is 0 Å². The SMILES string of the molecule is CSP(C)SC. The third-order valence-electron chi connectivity index (χ3n) is 0.514. The Morgan fingerprint density at radius 1 is 1.17 bits per heavy atom. The molecule has 0 amide bonds. The molecule has 0 aromatic rings. The van der Waals surface area contributed by atoms with E-state index in [-0.39, 0.29) is 6.33 Å². The molecular formula is C3H9PS2. The summed E-state index contributed by atoms with van der Waals surface area (Å²) in [6.45, 7) is 2.27. The van der Waals surface area contributed by atoms with Crippen molar-refractivity contribution >= 4 is 29.1 Å². The van der Waals surface area contributed by atoms with Gasteiger partial charge >= 0.3 is 0 Å². The summed E-state index contributed by atoms with van der Waals surface area (Å²) in [4.78, 5) is 0. The first kappa shape index (κ1) is 7.13. The molecule has 0 radical (unpaired) electrons. The van der Waals surface area contributed by atoms with Crippen molar-refractivity contribution in [1.82, 2.24) is 0 Å². The van der Waals surface area contributed by atoms with E-state index in [4.69, 9.17) is 0 Å². The van der Waals surface area contributed by atoms with E-state index in [0.717, 1.165) is 0 Å². The minimum Gasteiger partial charge on any atom is -0.127 e. The van der Waals surface area contributed by atoms with E-state index in [2.05, 4.69) is 19.2 Å². The second-order valence-corrected chi connectivity index (χ2v) is 8.59. The Morgan fingerprint density at radius 3 is 1.50 bits per heavy atom. The van der Waals surface area contributed by atoms with Crippen LogP contribution in [0.2, 0.25) is 0 Å². The summed E-state index contributed by atoms with van der Waals surface area (Å²) >= 11 is 3.91. The molecule has 0 unspecified atom stereocenters. The Bertz CT molecular complexity index is 28.0. The Labute approximate surface area is 48.7 Å². The van der Waals surface area contributed by atoms with Crippen LogP contribution < -0.4 is 0 Å². The highest BCUT2D eigenvalue weighted by Gasteiger charge is 1.88. The Morgan fingerprint density at radius 2 is 1.50 bits per heavy atom. The van der Waals surface area contributed by atoms with Crippen LogP contribution in [-0.4, -0.2) is 19.2 Å². The predicted octanol–water partition coefficient (Wildman–Crippen LogP) is 2.65. The molecule has 0 saturated heterocycles. The Balaban J connectivity index is 2.75. The minimum atomic E-state index is 0.257. The van der Waals surface area contributed by atoms with Crippen LogP contribution in [0.25, 0.3) is 0 Å². The lowest BCUT2D eigenvalue weighted by Gasteiger charge is -1.98. The Kier molecular flexibility index (Phi) is 5.10. The monoisotopic (exact) mass is 140 g/mol. The van der Waals surface area contributed by atoms with Gasteiger partial charge in [0.1, 0.15) is 0 Å². The number of rotatable bonds is 2. The maximum Gasteiger partial charge on any atom is 0.00842 e. The average molecular weight is 140 g/mol. The van der Waals surface area contributed by atoms with Crippen molar-refractivity contribution in [2.24, 2.45) is 0 Å². The summed E-state index contributed by atoms with van der Waals surface area (Å²) in [6.07, 6.45) is 4.57. The van der Waals surface area contributed by atoms with Gasteiger partial charge in [-0.25, -0.2) is 0 Å². The van der Waals surface area contributed by atoms with Crippen molar-refractivity contribution in [3.05, 3.63) is 0 Å². The summed E-state index contributed by atoms with van der Waals surface area (Å²) in [5, 5.41) is 0. The second-order valence-electron chi connectivity index (χ2n) is 0.805. The predicted molar refractivity (Wildman–Crippen MR) is 39.9 cm³/mol. The molecule has 0 aliphatic carbocycles. The second kappa shape index (κ2) is 4.29. The standard InChI is InChI=1S/C3H9PS2/c1-4(5-2)6-3/h1-3H3. The summed E-state index contributed by atoms with van der Waals surface area (Å²) in [5.41, 5.74) is 0. The molecule has 0 rings (SSSR count). The molecule has 38 valence electrons. The molecule has 0 spiro atoms. The van der Waals surface area contributed by atoms with Gasteiger partial charge in [-0.05, 0) is 19.2 Å². The van der Waals surface area contributed by atoms with Crippen molar-refractivity contribution in [1.29, 1.82) is 0 Å². The van der Waals surface area contributed by atoms with Crippen LogP contribution in [0.15, 0.2) is 0 Å². The van der Waals surface area contributed by atoms with Crippen LogP contribution >= 0.6 is 29.1 Å². The van der Waals surface area contributed by atoms with Crippen LogP contribution in [0.1, 0.15) is 0 Å². The van der Waals surface area contributed by atoms with Crippen LogP contribution in [0.5, 0.6) is 0 Å². The van der Waals surface area contributed by atoms with Gasteiger partial charge in [-0.1, -0.05) is 0 Å². The van der Waals surface area contributed by atoms with E-state index < -0.39 is 0 Å².